The average Bonchev–Trinajstić information content (AvgIpc) is 2.90. The summed E-state index contributed by atoms with van der Waals surface area (Å²) in [7, 11) is 1.52. The molecule has 0 saturated heterocycles. The van der Waals surface area contributed by atoms with Crippen molar-refractivity contribution in [2.24, 2.45) is 0 Å². The number of ether oxygens (including phenoxy) is 1. The molecule has 2 aromatic heterocycles. The van der Waals surface area contributed by atoms with E-state index < -0.39 is 0 Å². The normalized spacial score (nSPS) is 10.7. The van der Waals surface area contributed by atoms with E-state index in [9.17, 15) is 4.79 Å². The van der Waals surface area contributed by atoms with Crippen LogP contribution in [0.15, 0.2) is 42.0 Å². The van der Waals surface area contributed by atoms with Gasteiger partial charge in [0.1, 0.15) is 12.0 Å². The van der Waals surface area contributed by atoms with Gasteiger partial charge < -0.3 is 4.74 Å². The minimum atomic E-state index is -0.0331. The second kappa shape index (κ2) is 5.38. The van der Waals surface area contributed by atoms with E-state index in [0.717, 1.165) is 10.9 Å². The molecule has 0 spiro atoms. The Hall–Kier alpha value is -2.27. The van der Waals surface area contributed by atoms with Crippen LogP contribution in [-0.4, -0.2) is 22.9 Å². The number of Topliss-reactive ketones (excluding diaryl/α,β-unsaturated/α-hetero) is 1. The van der Waals surface area contributed by atoms with Crippen molar-refractivity contribution >= 4 is 27.2 Å². The van der Waals surface area contributed by atoms with Crippen molar-refractivity contribution in [2.45, 2.75) is 6.42 Å². The molecule has 0 fully saturated rings. The van der Waals surface area contributed by atoms with Crippen LogP contribution in [0.1, 0.15) is 16.1 Å². The molecule has 3 aromatic rings. The number of carbonyl (C=O) groups excluding carboxylic acids is 1. The van der Waals surface area contributed by atoms with Gasteiger partial charge in [0.25, 0.3) is 0 Å². The number of hydrogen-bond acceptors (Lipinski definition) is 5. The van der Waals surface area contributed by atoms with Crippen molar-refractivity contribution in [3.05, 3.63) is 53.3 Å². The van der Waals surface area contributed by atoms with Crippen LogP contribution in [0.25, 0.3) is 10.1 Å². The average molecular weight is 284 g/mol. The number of ketones is 1. The minimum Gasteiger partial charge on any atom is -0.481 e. The van der Waals surface area contributed by atoms with Gasteiger partial charge in [0, 0.05) is 17.2 Å². The molecular weight excluding hydrogens is 272 g/mol. The Balaban J connectivity index is 1.88. The van der Waals surface area contributed by atoms with Crippen molar-refractivity contribution in [1.29, 1.82) is 0 Å². The second-order valence-electron chi connectivity index (χ2n) is 4.30. The first kappa shape index (κ1) is 12.7. The fourth-order valence-corrected chi connectivity index (χ4v) is 3.00. The van der Waals surface area contributed by atoms with Crippen molar-refractivity contribution in [3.8, 4) is 5.88 Å². The lowest BCUT2D eigenvalue weighted by atomic mass is 10.1. The molecule has 2 heterocycles. The van der Waals surface area contributed by atoms with Gasteiger partial charge in [0.2, 0.25) is 5.88 Å². The van der Waals surface area contributed by atoms with Crippen molar-refractivity contribution in [1.82, 2.24) is 9.97 Å². The Morgan fingerprint density at radius 2 is 2.15 bits per heavy atom. The third-order valence-electron chi connectivity index (χ3n) is 3.05. The summed E-state index contributed by atoms with van der Waals surface area (Å²) < 4.78 is 6.20. The van der Waals surface area contributed by atoms with E-state index in [-0.39, 0.29) is 5.78 Å². The number of rotatable bonds is 4. The Morgan fingerprint density at radius 3 is 3.00 bits per heavy atom. The maximum absolute atomic E-state index is 12.3. The van der Waals surface area contributed by atoms with E-state index in [1.807, 2.05) is 23.6 Å². The second-order valence-corrected chi connectivity index (χ2v) is 5.21. The van der Waals surface area contributed by atoms with Gasteiger partial charge in [-0.1, -0.05) is 18.2 Å². The highest BCUT2D eigenvalue weighted by Crippen LogP contribution is 2.26. The summed E-state index contributed by atoms with van der Waals surface area (Å²) in [6.45, 7) is 0. The van der Waals surface area contributed by atoms with Crippen LogP contribution in [0.4, 0.5) is 0 Å². The summed E-state index contributed by atoms with van der Waals surface area (Å²) in [5.41, 5.74) is 1.42. The molecule has 0 aliphatic heterocycles. The lowest BCUT2D eigenvalue weighted by Gasteiger charge is -2.02. The zero-order valence-electron chi connectivity index (χ0n) is 10.9. The van der Waals surface area contributed by atoms with Gasteiger partial charge >= 0.3 is 0 Å². The molecule has 20 heavy (non-hydrogen) atoms. The van der Waals surface area contributed by atoms with Gasteiger partial charge in [-0.05, 0) is 22.4 Å². The first-order valence-corrected chi connectivity index (χ1v) is 7.00. The molecule has 0 atom stereocenters. The first-order chi connectivity index (χ1) is 9.78. The van der Waals surface area contributed by atoms with Crippen LogP contribution in [0.5, 0.6) is 5.88 Å². The van der Waals surface area contributed by atoms with E-state index in [2.05, 4.69) is 16.0 Å². The highest BCUT2D eigenvalue weighted by atomic mass is 32.1. The molecule has 0 saturated carbocycles. The SMILES string of the molecule is COc1cc(C(=O)Cc2csc3ccccc23)ncn1. The van der Waals surface area contributed by atoms with Crippen LogP contribution >= 0.6 is 11.3 Å². The van der Waals surface area contributed by atoms with E-state index in [0.29, 0.717) is 18.0 Å². The molecule has 3 rings (SSSR count). The summed E-state index contributed by atoms with van der Waals surface area (Å²) >= 11 is 1.65. The number of carbonyl (C=O) groups is 1. The highest BCUT2D eigenvalue weighted by Gasteiger charge is 2.13. The molecule has 0 N–H and O–H groups in total. The minimum absolute atomic E-state index is 0.0331. The number of methoxy groups -OCH3 is 1. The number of benzene rings is 1. The Morgan fingerprint density at radius 1 is 1.30 bits per heavy atom. The molecule has 4 nitrogen and oxygen atoms in total. The van der Waals surface area contributed by atoms with Crippen LogP contribution in [0.2, 0.25) is 0 Å². The molecule has 0 bridgehead atoms. The Bertz CT molecular complexity index is 767. The zero-order chi connectivity index (χ0) is 13.9. The molecule has 0 radical (unpaired) electrons. The molecular formula is C15H12N2O2S. The topological polar surface area (TPSA) is 52.1 Å². The molecule has 0 amide bonds. The number of hydrogen-bond donors (Lipinski definition) is 0. The van der Waals surface area contributed by atoms with Gasteiger partial charge in [0.05, 0.1) is 7.11 Å². The Labute approximate surface area is 120 Å². The van der Waals surface area contributed by atoms with Gasteiger partial charge in [-0.15, -0.1) is 11.3 Å². The van der Waals surface area contributed by atoms with Gasteiger partial charge in [-0.25, -0.2) is 9.97 Å². The molecule has 0 aliphatic carbocycles. The van der Waals surface area contributed by atoms with Gasteiger partial charge in [-0.3, -0.25) is 4.79 Å². The van der Waals surface area contributed by atoms with Gasteiger partial charge in [-0.2, -0.15) is 0 Å². The summed E-state index contributed by atoms with van der Waals surface area (Å²) in [6, 6.07) is 9.64. The lowest BCUT2D eigenvalue weighted by Crippen LogP contribution is -2.06. The Kier molecular flexibility index (Phi) is 3.43. The number of aromatic nitrogens is 2. The third kappa shape index (κ3) is 2.40. The predicted octanol–water partition coefficient (Wildman–Crippen LogP) is 3.13. The predicted molar refractivity (Wildman–Crippen MR) is 78.4 cm³/mol. The standard InChI is InChI=1S/C15H12N2O2S/c1-19-15-7-12(16-9-17-15)13(18)6-10-8-20-14-5-3-2-4-11(10)14/h2-5,7-9H,6H2,1H3. The maximum atomic E-state index is 12.3. The number of fused-ring (bicyclic) bond motifs is 1. The van der Waals surface area contributed by atoms with E-state index >= 15 is 0 Å². The number of nitrogens with zero attached hydrogens (tertiary/aromatic N) is 2. The smallest absolute Gasteiger partial charge is 0.216 e. The first-order valence-electron chi connectivity index (χ1n) is 6.12. The highest BCUT2D eigenvalue weighted by molar-refractivity contribution is 7.17. The molecule has 100 valence electrons. The zero-order valence-corrected chi connectivity index (χ0v) is 11.7. The summed E-state index contributed by atoms with van der Waals surface area (Å²) in [6.07, 6.45) is 1.68. The lowest BCUT2D eigenvalue weighted by molar-refractivity contribution is 0.0988. The summed E-state index contributed by atoms with van der Waals surface area (Å²) in [5.74, 6) is 0.368. The summed E-state index contributed by atoms with van der Waals surface area (Å²) in [5, 5.41) is 3.16. The monoisotopic (exact) mass is 284 g/mol. The quantitative estimate of drug-likeness (QED) is 0.691. The van der Waals surface area contributed by atoms with Crippen LogP contribution in [0.3, 0.4) is 0 Å². The molecule has 0 aliphatic rings. The summed E-state index contributed by atoms with van der Waals surface area (Å²) in [4.78, 5) is 20.2. The van der Waals surface area contributed by atoms with Crippen LogP contribution in [-0.2, 0) is 6.42 Å². The maximum Gasteiger partial charge on any atom is 0.216 e. The fourth-order valence-electron chi connectivity index (χ4n) is 2.04. The number of thiophene rings is 1. The third-order valence-corrected chi connectivity index (χ3v) is 4.06. The van der Waals surface area contributed by atoms with E-state index in [4.69, 9.17) is 4.74 Å². The van der Waals surface area contributed by atoms with Gasteiger partial charge in [0.15, 0.2) is 5.78 Å². The van der Waals surface area contributed by atoms with Crippen molar-refractivity contribution in [2.75, 3.05) is 7.11 Å². The fraction of sp³-hybridized carbons (Fsp3) is 0.133. The van der Waals surface area contributed by atoms with Crippen molar-refractivity contribution < 1.29 is 9.53 Å². The molecule has 0 unspecified atom stereocenters. The molecule has 5 heteroatoms. The van der Waals surface area contributed by atoms with E-state index in [1.165, 1.54) is 18.1 Å². The van der Waals surface area contributed by atoms with Crippen LogP contribution in [0, 0.1) is 0 Å². The van der Waals surface area contributed by atoms with E-state index in [1.54, 1.807) is 17.4 Å². The largest absolute Gasteiger partial charge is 0.481 e. The van der Waals surface area contributed by atoms with Crippen molar-refractivity contribution in [3.63, 3.8) is 0 Å². The molecule has 1 aromatic carbocycles. The van der Waals surface area contributed by atoms with Crippen LogP contribution < -0.4 is 4.74 Å².